The highest BCUT2D eigenvalue weighted by Gasteiger charge is 2.24. The molecule has 2 aliphatic rings. The van der Waals surface area contributed by atoms with Crippen LogP contribution in [0.2, 0.25) is 0 Å². The van der Waals surface area contributed by atoms with Crippen LogP contribution in [0.15, 0.2) is 0 Å². The molecule has 2 heterocycles. The maximum Gasteiger partial charge on any atom is 0.0110 e. The fraction of sp³-hybridized carbons (Fsp3) is 1.00. The summed E-state index contributed by atoms with van der Waals surface area (Å²) in [7, 11) is 0. The molecule has 0 unspecified atom stereocenters. The molecule has 0 amide bonds. The second-order valence-corrected chi connectivity index (χ2v) is 8.18. The number of nitrogens with zero attached hydrogens (tertiary/aromatic N) is 3. The van der Waals surface area contributed by atoms with Gasteiger partial charge in [-0.05, 0) is 65.2 Å². The monoisotopic (exact) mass is 324 g/mol. The molecule has 1 N–H and O–H groups in total. The van der Waals surface area contributed by atoms with E-state index in [4.69, 9.17) is 0 Å². The molecular formula is C19H40N4. The lowest BCUT2D eigenvalue weighted by molar-refractivity contribution is 0.0870. The van der Waals surface area contributed by atoms with Crippen molar-refractivity contribution in [2.24, 2.45) is 5.92 Å². The van der Waals surface area contributed by atoms with Crippen LogP contribution in [-0.4, -0.2) is 85.7 Å². The molecule has 0 radical (unpaired) electrons. The predicted octanol–water partition coefficient (Wildman–Crippen LogP) is 2.11. The van der Waals surface area contributed by atoms with Gasteiger partial charge in [0.1, 0.15) is 0 Å². The Morgan fingerprint density at radius 2 is 1.48 bits per heavy atom. The SMILES string of the molecule is CC(C)NCCCN1CCN(CC2CCN(C(C)C)CC2)CC1. The van der Waals surface area contributed by atoms with Gasteiger partial charge in [0.05, 0.1) is 0 Å². The fourth-order valence-electron chi connectivity index (χ4n) is 3.91. The zero-order valence-corrected chi connectivity index (χ0v) is 16.1. The summed E-state index contributed by atoms with van der Waals surface area (Å²) in [6.45, 7) is 20.6. The van der Waals surface area contributed by atoms with Crippen molar-refractivity contribution in [2.75, 3.05) is 58.9 Å². The van der Waals surface area contributed by atoms with Gasteiger partial charge in [-0.2, -0.15) is 0 Å². The Hall–Kier alpha value is -0.160. The molecule has 0 bridgehead atoms. The summed E-state index contributed by atoms with van der Waals surface area (Å²) in [5, 5.41) is 3.52. The number of piperidine rings is 1. The fourth-order valence-corrected chi connectivity index (χ4v) is 3.91. The largest absolute Gasteiger partial charge is 0.314 e. The van der Waals surface area contributed by atoms with Crippen LogP contribution in [0, 0.1) is 5.92 Å². The van der Waals surface area contributed by atoms with Gasteiger partial charge in [0, 0.05) is 44.8 Å². The smallest absolute Gasteiger partial charge is 0.0110 e. The van der Waals surface area contributed by atoms with Gasteiger partial charge < -0.3 is 20.0 Å². The summed E-state index contributed by atoms with van der Waals surface area (Å²) in [5.74, 6) is 0.937. The van der Waals surface area contributed by atoms with Crippen molar-refractivity contribution in [3.8, 4) is 0 Å². The van der Waals surface area contributed by atoms with E-state index < -0.39 is 0 Å². The highest BCUT2D eigenvalue weighted by molar-refractivity contribution is 4.79. The van der Waals surface area contributed by atoms with E-state index in [9.17, 15) is 0 Å². The highest BCUT2D eigenvalue weighted by atomic mass is 15.3. The van der Waals surface area contributed by atoms with Gasteiger partial charge in [-0.3, -0.25) is 0 Å². The van der Waals surface area contributed by atoms with Crippen molar-refractivity contribution in [1.29, 1.82) is 0 Å². The van der Waals surface area contributed by atoms with Gasteiger partial charge in [-0.15, -0.1) is 0 Å². The molecular weight excluding hydrogens is 284 g/mol. The number of nitrogens with one attached hydrogen (secondary N) is 1. The Morgan fingerprint density at radius 3 is 2.04 bits per heavy atom. The summed E-state index contributed by atoms with van der Waals surface area (Å²) < 4.78 is 0. The average molecular weight is 325 g/mol. The first-order valence-corrected chi connectivity index (χ1v) is 9.96. The molecule has 0 saturated carbocycles. The molecule has 0 aliphatic carbocycles. The topological polar surface area (TPSA) is 21.8 Å². The lowest BCUT2D eigenvalue weighted by Crippen LogP contribution is -2.49. The number of likely N-dealkylation sites (tertiary alicyclic amines) is 1. The third-order valence-corrected chi connectivity index (χ3v) is 5.56. The van der Waals surface area contributed by atoms with Crippen molar-refractivity contribution in [2.45, 2.75) is 59.0 Å². The Bertz CT molecular complexity index is 302. The van der Waals surface area contributed by atoms with Crippen LogP contribution in [0.3, 0.4) is 0 Å². The number of hydrogen-bond donors (Lipinski definition) is 1. The summed E-state index contributed by atoms with van der Waals surface area (Å²) >= 11 is 0. The van der Waals surface area contributed by atoms with Crippen LogP contribution >= 0.6 is 0 Å². The lowest BCUT2D eigenvalue weighted by atomic mass is 9.95. The van der Waals surface area contributed by atoms with Gasteiger partial charge in [0.25, 0.3) is 0 Å². The first-order valence-electron chi connectivity index (χ1n) is 9.96. The summed E-state index contributed by atoms with van der Waals surface area (Å²) in [4.78, 5) is 8.01. The lowest BCUT2D eigenvalue weighted by Gasteiger charge is -2.39. The van der Waals surface area contributed by atoms with Crippen molar-refractivity contribution in [3.63, 3.8) is 0 Å². The first-order chi connectivity index (χ1) is 11.0. The molecule has 0 aromatic rings. The summed E-state index contributed by atoms with van der Waals surface area (Å²) in [5.41, 5.74) is 0. The van der Waals surface area contributed by atoms with Crippen LogP contribution in [0.25, 0.3) is 0 Å². The Balaban J connectivity index is 1.55. The molecule has 2 aliphatic heterocycles. The van der Waals surface area contributed by atoms with Gasteiger partial charge in [0.15, 0.2) is 0 Å². The van der Waals surface area contributed by atoms with E-state index in [1.54, 1.807) is 0 Å². The van der Waals surface area contributed by atoms with Crippen LogP contribution in [0.1, 0.15) is 47.0 Å². The summed E-state index contributed by atoms with van der Waals surface area (Å²) in [6.07, 6.45) is 4.09. The Labute approximate surface area is 144 Å². The Kier molecular flexibility index (Phi) is 8.31. The van der Waals surface area contributed by atoms with Gasteiger partial charge in [0.2, 0.25) is 0 Å². The van der Waals surface area contributed by atoms with Gasteiger partial charge in [-0.25, -0.2) is 0 Å². The number of hydrogen-bond acceptors (Lipinski definition) is 4. The third-order valence-electron chi connectivity index (χ3n) is 5.56. The minimum atomic E-state index is 0.619. The highest BCUT2D eigenvalue weighted by Crippen LogP contribution is 2.20. The normalized spacial score (nSPS) is 23.2. The molecule has 0 spiro atoms. The van der Waals surface area contributed by atoms with E-state index >= 15 is 0 Å². The molecule has 0 aromatic heterocycles. The standard InChI is InChI=1S/C19H40N4/c1-17(2)20-8-5-9-21-12-14-22(15-13-21)16-19-6-10-23(11-7-19)18(3)4/h17-20H,5-16H2,1-4H3. The van der Waals surface area contributed by atoms with Crippen molar-refractivity contribution >= 4 is 0 Å². The molecule has 2 fully saturated rings. The molecule has 2 saturated heterocycles. The minimum absolute atomic E-state index is 0.619. The zero-order chi connectivity index (χ0) is 16.7. The van der Waals surface area contributed by atoms with Crippen molar-refractivity contribution in [3.05, 3.63) is 0 Å². The van der Waals surface area contributed by atoms with E-state index in [1.165, 1.54) is 71.6 Å². The Morgan fingerprint density at radius 1 is 0.870 bits per heavy atom. The molecule has 4 heteroatoms. The van der Waals surface area contributed by atoms with E-state index in [0.717, 1.165) is 18.5 Å². The molecule has 136 valence electrons. The van der Waals surface area contributed by atoms with Crippen molar-refractivity contribution < 1.29 is 0 Å². The number of piperazine rings is 1. The molecule has 0 aromatic carbocycles. The third kappa shape index (κ3) is 7.08. The van der Waals surface area contributed by atoms with Crippen LogP contribution in [-0.2, 0) is 0 Å². The zero-order valence-electron chi connectivity index (χ0n) is 16.1. The molecule has 23 heavy (non-hydrogen) atoms. The van der Waals surface area contributed by atoms with Crippen LogP contribution in [0.5, 0.6) is 0 Å². The summed E-state index contributed by atoms with van der Waals surface area (Å²) in [6, 6.07) is 1.35. The second kappa shape index (κ2) is 9.97. The average Bonchev–Trinajstić information content (AvgIpc) is 2.53. The van der Waals surface area contributed by atoms with E-state index in [1.807, 2.05) is 0 Å². The maximum atomic E-state index is 3.52. The first kappa shape index (κ1) is 19.2. The van der Waals surface area contributed by atoms with E-state index in [2.05, 4.69) is 47.7 Å². The van der Waals surface area contributed by atoms with Gasteiger partial charge >= 0.3 is 0 Å². The second-order valence-electron chi connectivity index (χ2n) is 8.18. The molecule has 4 nitrogen and oxygen atoms in total. The van der Waals surface area contributed by atoms with Crippen LogP contribution in [0.4, 0.5) is 0 Å². The van der Waals surface area contributed by atoms with E-state index in [-0.39, 0.29) is 0 Å². The molecule has 0 atom stereocenters. The number of rotatable bonds is 8. The van der Waals surface area contributed by atoms with Gasteiger partial charge in [-0.1, -0.05) is 13.8 Å². The maximum absolute atomic E-state index is 3.52. The quantitative estimate of drug-likeness (QED) is 0.690. The van der Waals surface area contributed by atoms with Crippen molar-refractivity contribution in [1.82, 2.24) is 20.0 Å². The minimum Gasteiger partial charge on any atom is -0.314 e. The van der Waals surface area contributed by atoms with Crippen LogP contribution < -0.4 is 5.32 Å². The molecule has 2 rings (SSSR count). The predicted molar refractivity (Wildman–Crippen MR) is 100 cm³/mol. The van der Waals surface area contributed by atoms with E-state index in [0.29, 0.717) is 6.04 Å².